The molecule has 0 unspecified atom stereocenters. The van der Waals surface area contributed by atoms with E-state index in [1.807, 2.05) is 6.07 Å². The fourth-order valence-electron chi connectivity index (χ4n) is 2.43. The highest BCUT2D eigenvalue weighted by atomic mass is 35.5. The lowest BCUT2D eigenvalue weighted by molar-refractivity contribution is 0.102. The molecule has 1 aromatic carbocycles. The molecule has 0 saturated carbocycles. The molecule has 1 amide bonds. The summed E-state index contributed by atoms with van der Waals surface area (Å²) in [5.74, 6) is 0.164. The normalized spacial score (nSPS) is 10.9. The molecule has 140 valence electrons. The Morgan fingerprint density at radius 2 is 2.07 bits per heavy atom. The maximum absolute atomic E-state index is 12.2. The van der Waals surface area contributed by atoms with Crippen molar-refractivity contribution in [3.05, 3.63) is 81.4 Å². The minimum atomic E-state index is -0.306. The first-order valence-corrected chi connectivity index (χ1v) is 10.3. The van der Waals surface area contributed by atoms with Crippen LogP contribution in [0.4, 0.5) is 5.13 Å². The van der Waals surface area contributed by atoms with Gasteiger partial charge in [0.05, 0.1) is 5.69 Å². The molecular weight excluding hydrogens is 418 g/mol. The van der Waals surface area contributed by atoms with Crippen LogP contribution in [0.25, 0.3) is 5.65 Å². The van der Waals surface area contributed by atoms with E-state index in [-0.39, 0.29) is 11.5 Å². The van der Waals surface area contributed by atoms with E-state index in [2.05, 4.69) is 20.5 Å². The predicted octanol–water partition coefficient (Wildman–Crippen LogP) is 3.74. The number of halogens is 1. The summed E-state index contributed by atoms with van der Waals surface area (Å²) >= 11 is 8.56. The van der Waals surface area contributed by atoms with E-state index in [0.29, 0.717) is 37.2 Å². The van der Waals surface area contributed by atoms with E-state index >= 15 is 0 Å². The van der Waals surface area contributed by atoms with Crippen molar-refractivity contribution < 1.29 is 4.79 Å². The minimum absolute atomic E-state index is 0.132. The highest BCUT2D eigenvalue weighted by Crippen LogP contribution is 2.28. The summed E-state index contributed by atoms with van der Waals surface area (Å²) < 4.78 is 2.15. The number of nitrogens with one attached hydrogen (secondary N) is 1. The van der Waals surface area contributed by atoms with E-state index in [0.717, 1.165) is 0 Å². The monoisotopic (exact) mass is 429 g/mol. The van der Waals surface area contributed by atoms with Gasteiger partial charge in [0.1, 0.15) is 5.65 Å². The SMILES string of the molecule is O=C(Nc1nnc(SCc2cc(=O)n3ccccc3n2)s1)c1cccc(Cl)c1. The third kappa shape index (κ3) is 4.22. The molecule has 0 fully saturated rings. The molecule has 3 aromatic heterocycles. The lowest BCUT2D eigenvalue weighted by Gasteiger charge is -2.02. The largest absolute Gasteiger partial charge is 0.296 e. The lowest BCUT2D eigenvalue weighted by atomic mass is 10.2. The molecule has 0 spiro atoms. The fourth-order valence-corrected chi connectivity index (χ4v) is 4.26. The number of pyridine rings is 1. The highest BCUT2D eigenvalue weighted by molar-refractivity contribution is 8.00. The van der Waals surface area contributed by atoms with Gasteiger partial charge in [0.2, 0.25) is 5.13 Å². The van der Waals surface area contributed by atoms with Gasteiger partial charge in [0, 0.05) is 28.6 Å². The Bertz CT molecular complexity index is 1220. The standard InChI is InChI=1S/C18H12ClN5O2S2/c19-12-5-3-4-11(8-12)16(26)21-17-22-23-18(28-17)27-10-13-9-15(25)24-7-2-1-6-14(24)20-13/h1-9H,10H2,(H,21,22,26). The molecule has 28 heavy (non-hydrogen) atoms. The first-order valence-electron chi connectivity index (χ1n) is 8.09. The highest BCUT2D eigenvalue weighted by Gasteiger charge is 2.12. The molecule has 0 radical (unpaired) electrons. The topological polar surface area (TPSA) is 89.2 Å². The Morgan fingerprint density at radius 1 is 1.18 bits per heavy atom. The Hall–Kier alpha value is -2.75. The van der Waals surface area contributed by atoms with Gasteiger partial charge in [-0.05, 0) is 30.3 Å². The second kappa shape index (κ2) is 8.09. The summed E-state index contributed by atoms with van der Waals surface area (Å²) in [6.07, 6.45) is 1.68. The third-order valence-electron chi connectivity index (χ3n) is 3.68. The average molecular weight is 430 g/mol. The average Bonchev–Trinajstić information content (AvgIpc) is 3.14. The smallest absolute Gasteiger partial charge is 0.258 e. The van der Waals surface area contributed by atoms with Gasteiger partial charge in [-0.25, -0.2) is 4.98 Å². The van der Waals surface area contributed by atoms with Crippen LogP contribution in [0.1, 0.15) is 16.1 Å². The number of thioether (sulfide) groups is 1. The van der Waals surface area contributed by atoms with Crippen LogP contribution < -0.4 is 10.9 Å². The zero-order valence-electron chi connectivity index (χ0n) is 14.2. The van der Waals surface area contributed by atoms with Gasteiger partial charge < -0.3 is 0 Å². The van der Waals surface area contributed by atoms with Crippen LogP contribution in [-0.4, -0.2) is 25.5 Å². The summed E-state index contributed by atoms with van der Waals surface area (Å²) in [5.41, 5.74) is 1.56. The van der Waals surface area contributed by atoms with Crippen LogP contribution in [0.2, 0.25) is 5.02 Å². The molecule has 10 heteroatoms. The van der Waals surface area contributed by atoms with Crippen molar-refractivity contribution in [1.29, 1.82) is 0 Å². The summed E-state index contributed by atoms with van der Waals surface area (Å²) in [7, 11) is 0. The van der Waals surface area contributed by atoms with Crippen molar-refractivity contribution in [1.82, 2.24) is 19.6 Å². The molecule has 0 bridgehead atoms. The molecule has 0 atom stereocenters. The number of fused-ring (bicyclic) bond motifs is 1. The molecule has 3 heterocycles. The van der Waals surface area contributed by atoms with Crippen LogP contribution in [0, 0.1) is 0 Å². The maximum atomic E-state index is 12.2. The zero-order valence-corrected chi connectivity index (χ0v) is 16.6. The van der Waals surface area contributed by atoms with Crippen LogP contribution in [-0.2, 0) is 5.75 Å². The number of aromatic nitrogens is 4. The Balaban J connectivity index is 1.42. The first kappa shape index (κ1) is 18.6. The number of benzene rings is 1. The summed E-state index contributed by atoms with van der Waals surface area (Å²) in [5, 5.41) is 11.6. The van der Waals surface area contributed by atoms with Gasteiger partial charge in [-0.2, -0.15) is 0 Å². The fraction of sp³-hybridized carbons (Fsp3) is 0.0556. The quantitative estimate of drug-likeness (QED) is 0.384. The minimum Gasteiger partial charge on any atom is -0.296 e. The molecule has 0 aliphatic heterocycles. The third-order valence-corrected chi connectivity index (χ3v) is 5.92. The van der Waals surface area contributed by atoms with E-state index < -0.39 is 0 Å². The van der Waals surface area contributed by atoms with Crippen LogP contribution in [0.3, 0.4) is 0 Å². The molecule has 0 saturated heterocycles. The number of hydrogen-bond donors (Lipinski definition) is 1. The van der Waals surface area contributed by atoms with Gasteiger partial charge in [0.15, 0.2) is 4.34 Å². The van der Waals surface area contributed by atoms with Gasteiger partial charge in [-0.3, -0.25) is 19.3 Å². The number of hydrogen-bond acceptors (Lipinski definition) is 7. The van der Waals surface area contributed by atoms with Crippen molar-refractivity contribution in [3.8, 4) is 0 Å². The number of nitrogens with zero attached hydrogens (tertiary/aromatic N) is 4. The number of carbonyl (C=O) groups excluding carboxylic acids is 1. The summed E-state index contributed by atoms with van der Waals surface area (Å²) in [6.45, 7) is 0. The molecule has 4 rings (SSSR count). The first-order chi connectivity index (χ1) is 13.6. The predicted molar refractivity (Wildman–Crippen MR) is 110 cm³/mol. The second-order valence-corrected chi connectivity index (χ2v) is 8.28. The number of anilines is 1. The molecular formula is C18H12ClN5O2S2. The summed E-state index contributed by atoms with van der Waals surface area (Å²) in [4.78, 5) is 28.8. The molecule has 4 aromatic rings. The molecule has 0 aliphatic carbocycles. The Kier molecular flexibility index (Phi) is 5.38. The van der Waals surface area contributed by atoms with Crippen LogP contribution in [0.5, 0.6) is 0 Å². The molecule has 0 aliphatic rings. The van der Waals surface area contributed by atoms with Crippen molar-refractivity contribution in [3.63, 3.8) is 0 Å². The van der Waals surface area contributed by atoms with Crippen LogP contribution >= 0.6 is 34.7 Å². The van der Waals surface area contributed by atoms with Crippen molar-refractivity contribution in [2.45, 2.75) is 10.1 Å². The maximum Gasteiger partial charge on any atom is 0.258 e. The zero-order chi connectivity index (χ0) is 19.5. The van der Waals surface area contributed by atoms with E-state index in [4.69, 9.17) is 11.6 Å². The van der Waals surface area contributed by atoms with E-state index in [9.17, 15) is 9.59 Å². The van der Waals surface area contributed by atoms with E-state index in [1.165, 1.54) is 33.6 Å². The Labute approximate surface area is 172 Å². The van der Waals surface area contributed by atoms with Gasteiger partial charge in [-0.15, -0.1) is 10.2 Å². The number of carbonyl (C=O) groups is 1. The van der Waals surface area contributed by atoms with E-state index in [1.54, 1.807) is 42.6 Å². The Morgan fingerprint density at radius 3 is 2.93 bits per heavy atom. The second-order valence-electron chi connectivity index (χ2n) is 5.64. The van der Waals surface area contributed by atoms with Gasteiger partial charge in [-0.1, -0.05) is 46.8 Å². The lowest BCUT2D eigenvalue weighted by Crippen LogP contribution is -2.14. The van der Waals surface area contributed by atoms with Crippen molar-refractivity contribution in [2.75, 3.05) is 5.32 Å². The van der Waals surface area contributed by atoms with Crippen molar-refractivity contribution >= 4 is 51.4 Å². The molecule has 7 nitrogen and oxygen atoms in total. The summed E-state index contributed by atoms with van der Waals surface area (Å²) in [6, 6.07) is 13.6. The number of amides is 1. The molecule has 1 N–H and O–H groups in total. The van der Waals surface area contributed by atoms with Gasteiger partial charge >= 0.3 is 0 Å². The number of rotatable bonds is 5. The van der Waals surface area contributed by atoms with Crippen molar-refractivity contribution in [2.24, 2.45) is 0 Å². The van der Waals surface area contributed by atoms with Gasteiger partial charge in [0.25, 0.3) is 11.5 Å². The van der Waals surface area contributed by atoms with Crippen LogP contribution in [0.15, 0.2) is 63.9 Å².